The number of likely N-dealkylation sites (tertiary alicyclic amines) is 1. The third-order valence-electron chi connectivity index (χ3n) is 2.57. The van der Waals surface area contributed by atoms with Crippen LogP contribution in [-0.4, -0.2) is 42.4 Å². The Bertz CT molecular complexity index is 240. The summed E-state index contributed by atoms with van der Waals surface area (Å²) in [6, 6.07) is 0. The largest absolute Gasteiger partial charge is 0.465 e. The summed E-state index contributed by atoms with van der Waals surface area (Å²) in [5.74, 6) is -0.238. The molecule has 1 heterocycles. The highest BCUT2D eigenvalue weighted by molar-refractivity contribution is 6.63. The summed E-state index contributed by atoms with van der Waals surface area (Å²) in [5, 5.41) is -0.259. The van der Waals surface area contributed by atoms with Gasteiger partial charge < -0.3 is 4.74 Å². The van der Waals surface area contributed by atoms with Crippen molar-refractivity contribution in [3.05, 3.63) is 0 Å². The number of carbonyl (C=O) groups excluding carboxylic acids is 2. The lowest BCUT2D eigenvalue weighted by Crippen LogP contribution is -2.39. The maximum atomic E-state index is 11.2. The van der Waals surface area contributed by atoms with Crippen LogP contribution in [0.2, 0.25) is 0 Å². The fourth-order valence-corrected chi connectivity index (χ4v) is 1.93. The second kappa shape index (κ2) is 7.87. The van der Waals surface area contributed by atoms with Gasteiger partial charge in [0.1, 0.15) is 0 Å². The molecule has 4 nitrogen and oxygen atoms in total. The molecule has 0 N–H and O–H groups in total. The second-order valence-corrected chi connectivity index (χ2v) is 4.03. The average Bonchev–Trinajstić information content (AvgIpc) is 2.18. The normalized spacial score (nSPS) is 17.6. The van der Waals surface area contributed by atoms with Gasteiger partial charge in [-0.15, -0.1) is 12.4 Å². The van der Waals surface area contributed by atoms with Gasteiger partial charge in [0.15, 0.2) is 0 Å². The van der Waals surface area contributed by atoms with Crippen LogP contribution in [0, 0.1) is 5.92 Å². The molecule has 0 aromatic carbocycles. The average molecular weight is 270 g/mol. The monoisotopic (exact) mass is 269 g/mol. The SMILES string of the molecule is CCOC(=O)CN1CCC(C(=O)Cl)CC1.Cl. The molecule has 1 rings (SSSR count). The first-order valence-electron chi connectivity index (χ1n) is 5.20. The van der Waals surface area contributed by atoms with Gasteiger partial charge in [0, 0.05) is 5.92 Å². The summed E-state index contributed by atoms with van der Waals surface area (Å²) >= 11 is 5.41. The zero-order valence-corrected chi connectivity index (χ0v) is 10.9. The van der Waals surface area contributed by atoms with E-state index in [1.165, 1.54) is 0 Å². The lowest BCUT2D eigenvalue weighted by molar-refractivity contribution is -0.144. The summed E-state index contributed by atoms with van der Waals surface area (Å²) in [4.78, 5) is 24.0. The Hall–Kier alpha value is -0.320. The minimum atomic E-state index is -0.259. The number of hydrogen-bond acceptors (Lipinski definition) is 4. The highest BCUT2D eigenvalue weighted by atomic mass is 35.5. The van der Waals surface area contributed by atoms with Crippen molar-refractivity contribution >= 4 is 35.2 Å². The van der Waals surface area contributed by atoms with Crippen molar-refractivity contribution in [1.82, 2.24) is 4.90 Å². The van der Waals surface area contributed by atoms with Crippen molar-refractivity contribution in [2.45, 2.75) is 19.8 Å². The number of rotatable bonds is 4. The smallest absolute Gasteiger partial charge is 0.320 e. The summed E-state index contributed by atoms with van der Waals surface area (Å²) in [5.41, 5.74) is 0. The minimum absolute atomic E-state index is 0. The topological polar surface area (TPSA) is 46.6 Å². The van der Waals surface area contributed by atoms with Crippen LogP contribution in [0.4, 0.5) is 0 Å². The zero-order chi connectivity index (χ0) is 11.3. The van der Waals surface area contributed by atoms with E-state index >= 15 is 0 Å². The van der Waals surface area contributed by atoms with E-state index in [9.17, 15) is 9.59 Å². The van der Waals surface area contributed by atoms with Gasteiger partial charge in [-0.25, -0.2) is 0 Å². The highest BCUT2D eigenvalue weighted by Crippen LogP contribution is 2.19. The fraction of sp³-hybridized carbons (Fsp3) is 0.800. The molecule has 0 aromatic rings. The van der Waals surface area contributed by atoms with Gasteiger partial charge >= 0.3 is 5.97 Å². The summed E-state index contributed by atoms with van der Waals surface area (Å²) in [6.07, 6.45) is 1.48. The number of nitrogens with zero attached hydrogens (tertiary/aromatic N) is 1. The summed E-state index contributed by atoms with van der Waals surface area (Å²) in [6.45, 7) is 3.99. The molecule has 0 amide bonds. The van der Waals surface area contributed by atoms with Crippen molar-refractivity contribution in [2.24, 2.45) is 5.92 Å². The molecular weight excluding hydrogens is 253 g/mol. The molecule has 0 bridgehead atoms. The van der Waals surface area contributed by atoms with Gasteiger partial charge in [-0.3, -0.25) is 14.5 Å². The Morgan fingerprint density at radius 1 is 1.38 bits per heavy atom. The number of hydrogen-bond donors (Lipinski definition) is 0. The van der Waals surface area contributed by atoms with E-state index in [-0.39, 0.29) is 29.5 Å². The van der Waals surface area contributed by atoms with Crippen LogP contribution in [0.5, 0.6) is 0 Å². The molecule has 0 saturated carbocycles. The van der Waals surface area contributed by atoms with Crippen molar-refractivity contribution in [3.63, 3.8) is 0 Å². The van der Waals surface area contributed by atoms with Crippen LogP contribution in [0.15, 0.2) is 0 Å². The van der Waals surface area contributed by atoms with Crippen molar-refractivity contribution < 1.29 is 14.3 Å². The van der Waals surface area contributed by atoms with Gasteiger partial charge in [0.2, 0.25) is 5.24 Å². The Morgan fingerprint density at radius 2 is 1.94 bits per heavy atom. The molecule has 1 aliphatic heterocycles. The van der Waals surface area contributed by atoms with E-state index in [0.717, 1.165) is 25.9 Å². The van der Waals surface area contributed by atoms with E-state index < -0.39 is 0 Å². The molecule has 1 fully saturated rings. The number of esters is 1. The van der Waals surface area contributed by atoms with Gasteiger partial charge in [-0.05, 0) is 44.5 Å². The summed E-state index contributed by atoms with van der Waals surface area (Å²) < 4.78 is 4.85. The fourth-order valence-electron chi connectivity index (χ4n) is 1.71. The van der Waals surface area contributed by atoms with E-state index in [0.29, 0.717) is 13.2 Å². The van der Waals surface area contributed by atoms with Crippen LogP contribution < -0.4 is 0 Å². The number of carbonyl (C=O) groups is 2. The van der Waals surface area contributed by atoms with Crippen LogP contribution >= 0.6 is 24.0 Å². The van der Waals surface area contributed by atoms with Crippen LogP contribution in [0.3, 0.4) is 0 Å². The predicted molar refractivity (Wildman–Crippen MR) is 63.9 cm³/mol. The number of ether oxygens (including phenoxy) is 1. The maximum Gasteiger partial charge on any atom is 0.320 e. The Morgan fingerprint density at radius 3 is 2.38 bits per heavy atom. The maximum absolute atomic E-state index is 11.2. The highest BCUT2D eigenvalue weighted by Gasteiger charge is 2.24. The first kappa shape index (κ1) is 15.7. The number of piperidine rings is 1. The van der Waals surface area contributed by atoms with Crippen molar-refractivity contribution in [1.29, 1.82) is 0 Å². The van der Waals surface area contributed by atoms with E-state index in [1.54, 1.807) is 6.92 Å². The van der Waals surface area contributed by atoms with Gasteiger partial charge in [-0.2, -0.15) is 0 Å². The molecule has 1 aliphatic rings. The van der Waals surface area contributed by atoms with Gasteiger partial charge in [0.25, 0.3) is 0 Å². The lowest BCUT2D eigenvalue weighted by atomic mass is 9.98. The van der Waals surface area contributed by atoms with Crippen LogP contribution in [0.1, 0.15) is 19.8 Å². The molecule has 16 heavy (non-hydrogen) atoms. The van der Waals surface area contributed by atoms with E-state index in [1.807, 2.05) is 4.90 Å². The molecule has 0 aromatic heterocycles. The Labute approximate surface area is 107 Å². The quantitative estimate of drug-likeness (QED) is 0.573. The van der Waals surface area contributed by atoms with Gasteiger partial charge in [0.05, 0.1) is 13.2 Å². The predicted octanol–water partition coefficient (Wildman–Crippen LogP) is 1.45. The van der Waals surface area contributed by atoms with E-state index in [4.69, 9.17) is 16.3 Å². The molecule has 0 spiro atoms. The molecule has 94 valence electrons. The second-order valence-electron chi connectivity index (χ2n) is 3.66. The van der Waals surface area contributed by atoms with E-state index in [2.05, 4.69) is 0 Å². The molecule has 0 unspecified atom stereocenters. The van der Waals surface area contributed by atoms with Crippen molar-refractivity contribution in [3.8, 4) is 0 Å². The molecule has 0 radical (unpaired) electrons. The molecular formula is C10H17Cl2NO3. The third kappa shape index (κ3) is 5.14. The molecule has 0 aliphatic carbocycles. The zero-order valence-electron chi connectivity index (χ0n) is 9.28. The molecule has 6 heteroatoms. The minimum Gasteiger partial charge on any atom is -0.465 e. The van der Waals surface area contributed by atoms with Crippen molar-refractivity contribution in [2.75, 3.05) is 26.2 Å². The van der Waals surface area contributed by atoms with Gasteiger partial charge in [-0.1, -0.05) is 0 Å². The van der Waals surface area contributed by atoms with Crippen LogP contribution in [-0.2, 0) is 14.3 Å². The Balaban J connectivity index is 0.00000225. The summed E-state index contributed by atoms with van der Waals surface area (Å²) in [7, 11) is 0. The molecule has 1 saturated heterocycles. The standard InChI is InChI=1S/C10H16ClNO3.ClH/c1-2-15-9(13)7-12-5-3-8(4-6-12)10(11)14;/h8H,2-7H2,1H3;1H. The first-order chi connectivity index (χ1) is 7.13. The first-order valence-corrected chi connectivity index (χ1v) is 5.58. The van der Waals surface area contributed by atoms with Crippen LogP contribution in [0.25, 0.3) is 0 Å². The lowest BCUT2D eigenvalue weighted by Gasteiger charge is -2.29. The number of halogens is 2. The molecule has 0 atom stereocenters. The third-order valence-corrected chi connectivity index (χ3v) is 2.88. The Kier molecular flexibility index (Phi) is 7.72.